The topological polar surface area (TPSA) is 71.7 Å². The molecule has 0 aromatic carbocycles. The highest BCUT2D eigenvalue weighted by Gasteiger charge is 1.99. The Balaban J connectivity index is 2.16. The van der Waals surface area contributed by atoms with E-state index in [-0.39, 0.29) is 0 Å². The Labute approximate surface area is 121 Å². The minimum Gasteiger partial charge on any atom is -0.381 e. The van der Waals surface area contributed by atoms with Gasteiger partial charge in [-0.3, -0.25) is 0 Å². The Morgan fingerprint density at radius 3 is 2.85 bits per heavy atom. The normalized spacial score (nSPS) is 11.6. The molecule has 1 rings (SSSR count). The van der Waals surface area contributed by atoms with Crippen molar-refractivity contribution in [1.82, 2.24) is 15.8 Å². The van der Waals surface area contributed by atoms with E-state index in [1.165, 1.54) is 6.42 Å². The second kappa shape index (κ2) is 11.3. The minimum absolute atomic E-state index is 0.513. The van der Waals surface area contributed by atoms with Gasteiger partial charge in [0.05, 0.1) is 6.54 Å². The van der Waals surface area contributed by atoms with Crippen LogP contribution in [0.15, 0.2) is 21.8 Å². The van der Waals surface area contributed by atoms with Crippen molar-refractivity contribution in [2.45, 2.75) is 39.7 Å². The number of nitrogens with zero attached hydrogens (tertiary/aromatic N) is 2. The van der Waals surface area contributed by atoms with Gasteiger partial charge in [0.25, 0.3) is 0 Å². The van der Waals surface area contributed by atoms with Gasteiger partial charge in [-0.1, -0.05) is 18.5 Å². The highest BCUT2D eigenvalue weighted by molar-refractivity contribution is 5.79. The van der Waals surface area contributed by atoms with Gasteiger partial charge in [-0.2, -0.15) is 0 Å². The van der Waals surface area contributed by atoms with E-state index < -0.39 is 0 Å². The summed E-state index contributed by atoms with van der Waals surface area (Å²) in [7, 11) is 0. The molecule has 0 fully saturated rings. The van der Waals surface area contributed by atoms with Crippen LogP contribution in [-0.2, 0) is 11.3 Å². The van der Waals surface area contributed by atoms with Crippen molar-refractivity contribution in [3.8, 4) is 0 Å². The van der Waals surface area contributed by atoms with E-state index in [4.69, 9.17) is 9.26 Å². The van der Waals surface area contributed by atoms with Crippen molar-refractivity contribution in [2.75, 3.05) is 26.3 Å². The summed E-state index contributed by atoms with van der Waals surface area (Å²) in [5.74, 6) is 0.795. The van der Waals surface area contributed by atoms with Crippen molar-refractivity contribution >= 4 is 5.96 Å². The first-order valence-electron chi connectivity index (χ1n) is 7.36. The van der Waals surface area contributed by atoms with Crippen LogP contribution in [0.1, 0.15) is 38.8 Å². The molecular weight excluding hydrogens is 256 g/mol. The van der Waals surface area contributed by atoms with Gasteiger partial charge >= 0.3 is 0 Å². The van der Waals surface area contributed by atoms with Crippen LogP contribution in [0.3, 0.4) is 0 Å². The minimum atomic E-state index is 0.513. The molecule has 0 aliphatic rings. The van der Waals surface area contributed by atoms with Gasteiger partial charge in [-0.05, 0) is 19.8 Å². The van der Waals surface area contributed by atoms with Crippen LogP contribution >= 0.6 is 0 Å². The third kappa shape index (κ3) is 7.78. The Bertz CT molecular complexity index is 352. The third-order valence-corrected chi connectivity index (χ3v) is 2.63. The zero-order valence-corrected chi connectivity index (χ0v) is 12.5. The molecule has 1 aromatic rings. The molecule has 0 saturated carbocycles. The molecule has 114 valence electrons. The number of hydrogen-bond acceptors (Lipinski definition) is 4. The smallest absolute Gasteiger partial charge is 0.191 e. The molecule has 0 atom stereocenters. The van der Waals surface area contributed by atoms with Crippen LogP contribution in [0.4, 0.5) is 0 Å². The van der Waals surface area contributed by atoms with Gasteiger partial charge in [-0.15, -0.1) is 0 Å². The van der Waals surface area contributed by atoms with Gasteiger partial charge in [0, 0.05) is 32.4 Å². The number of ether oxygens (including phenoxy) is 1. The lowest BCUT2D eigenvalue weighted by molar-refractivity contribution is 0.129. The summed E-state index contributed by atoms with van der Waals surface area (Å²) in [6.07, 6.45) is 4.84. The zero-order chi connectivity index (χ0) is 14.5. The highest BCUT2D eigenvalue weighted by atomic mass is 16.5. The Hall–Kier alpha value is -1.56. The number of hydrogen-bond donors (Lipinski definition) is 2. The lowest BCUT2D eigenvalue weighted by Gasteiger charge is -2.11. The number of unbranched alkanes of at least 4 members (excludes halogenated alkanes) is 1. The summed E-state index contributed by atoms with van der Waals surface area (Å²) < 4.78 is 10.3. The standard InChI is InChI=1S/C14H26N4O2/c1-3-5-9-19-10-6-8-16-14(15-4-2)17-12-13-7-11-20-18-13/h7,11H,3-6,8-10,12H2,1-2H3,(H2,15,16,17). The Kier molecular flexibility index (Phi) is 9.30. The maximum absolute atomic E-state index is 5.51. The third-order valence-electron chi connectivity index (χ3n) is 2.63. The van der Waals surface area contributed by atoms with Crippen molar-refractivity contribution in [2.24, 2.45) is 4.99 Å². The molecule has 2 N–H and O–H groups in total. The summed E-state index contributed by atoms with van der Waals surface area (Å²) in [6, 6.07) is 1.81. The van der Waals surface area contributed by atoms with Crippen molar-refractivity contribution in [1.29, 1.82) is 0 Å². The number of guanidine groups is 1. The second-order valence-corrected chi connectivity index (χ2v) is 4.43. The summed E-state index contributed by atoms with van der Waals surface area (Å²) in [5, 5.41) is 10.3. The molecule has 6 nitrogen and oxygen atoms in total. The van der Waals surface area contributed by atoms with Crippen LogP contribution in [-0.4, -0.2) is 37.4 Å². The second-order valence-electron chi connectivity index (χ2n) is 4.43. The molecule has 0 unspecified atom stereocenters. The first kappa shape index (κ1) is 16.5. The predicted molar refractivity (Wildman–Crippen MR) is 79.7 cm³/mol. The quantitative estimate of drug-likeness (QED) is 0.390. The zero-order valence-electron chi connectivity index (χ0n) is 12.5. The van der Waals surface area contributed by atoms with Crippen LogP contribution in [0.25, 0.3) is 0 Å². The first-order chi connectivity index (χ1) is 9.86. The summed E-state index contributed by atoms with van der Waals surface area (Å²) >= 11 is 0. The molecule has 0 saturated heterocycles. The fraction of sp³-hybridized carbons (Fsp3) is 0.714. The van der Waals surface area contributed by atoms with Gasteiger partial charge < -0.3 is 19.9 Å². The predicted octanol–water partition coefficient (Wildman–Crippen LogP) is 1.94. The van der Waals surface area contributed by atoms with Crippen molar-refractivity contribution in [3.05, 3.63) is 18.0 Å². The van der Waals surface area contributed by atoms with Crippen molar-refractivity contribution < 1.29 is 9.26 Å². The van der Waals surface area contributed by atoms with Gasteiger partial charge in [0.1, 0.15) is 12.0 Å². The number of aromatic nitrogens is 1. The van der Waals surface area contributed by atoms with Crippen LogP contribution in [0.2, 0.25) is 0 Å². The van der Waals surface area contributed by atoms with Crippen LogP contribution in [0, 0.1) is 0 Å². The van der Waals surface area contributed by atoms with Gasteiger partial charge in [0.2, 0.25) is 0 Å². The SMILES string of the molecule is CCCCOCCCNC(=NCc1ccon1)NCC. The largest absolute Gasteiger partial charge is 0.381 e. The Morgan fingerprint density at radius 1 is 1.30 bits per heavy atom. The molecule has 0 aliphatic heterocycles. The van der Waals surface area contributed by atoms with Gasteiger partial charge in [0.15, 0.2) is 5.96 Å². The summed E-state index contributed by atoms with van der Waals surface area (Å²) in [4.78, 5) is 4.43. The maximum atomic E-state index is 5.51. The summed E-state index contributed by atoms with van der Waals surface area (Å²) in [6.45, 7) is 8.04. The van der Waals surface area contributed by atoms with E-state index in [0.29, 0.717) is 6.54 Å². The molecule has 1 aromatic heterocycles. The average Bonchev–Trinajstić information content (AvgIpc) is 2.97. The fourth-order valence-corrected chi connectivity index (χ4v) is 1.55. The first-order valence-corrected chi connectivity index (χ1v) is 7.36. The van der Waals surface area contributed by atoms with Crippen LogP contribution < -0.4 is 10.6 Å². The summed E-state index contributed by atoms with van der Waals surface area (Å²) in [5.41, 5.74) is 0.824. The number of rotatable bonds is 10. The lowest BCUT2D eigenvalue weighted by Crippen LogP contribution is -2.38. The van der Waals surface area contributed by atoms with Crippen molar-refractivity contribution in [3.63, 3.8) is 0 Å². The maximum Gasteiger partial charge on any atom is 0.191 e. The van der Waals surface area contributed by atoms with E-state index in [1.807, 2.05) is 13.0 Å². The molecule has 0 amide bonds. The highest BCUT2D eigenvalue weighted by Crippen LogP contribution is 1.96. The van der Waals surface area contributed by atoms with E-state index >= 15 is 0 Å². The van der Waals surface area contributed by atoms with E-state index in [9.17, 15) is 0 Å². The van der Waals surface area contributed by atoms with E-state index in [2.05, 4.69) is 27.7 Å². The fourth-order valence-electron chi connectivity index (χ4n) is 1.55. The molecule has 0 spiro atoms. The molecule has 0 aliphatic carbocycles. The molecule has 0 bridgehead atoms. The number of nitrogens with one attached hydrogen (secondary N) is 2. The Morgan fingerprint density at radius 2 is 2.15 bits per heavy atom. The average molecular weight is 282 g/mol. The molecule has 1 heterocycles. The monoisotopic (exact) mass is 282 g/mol. The van der Waals surface area contributed by atoms with E-state index in [0.717, 1.165) is 50.8 Å². The number of aliphatic imine (C=N–C) groups is 1. The molecule has 6 heteroatoms. The lowest BCUT2D eigenvalue weighted by atomic mass is 10.4. The molecule has 0 radical (unpaired) electrons. The van der Waals surface area contributed by atoms with E-state index in [1.54, 1.807) is 6.26 Å². The molecule has 20 heavy (non-hydrogen) atoms. The molecular formula is C14H26N4O2. The van der Waals surface area contributed by atoms with Gasteiger partial charge in [-0.25, -0.2) is 4.99 Å². The van der Waals surface area contributed by atoms with Crippen LogP contribution in [0.5, 0.6) is 0 Å².